The van der Waals surface area contributed by atoms with Crippen molar-refractivity contribution in [2.75, 3.05) is 5.73 Å². The maximum atomic E-state index is 12.7. The SMILES string of the molecule is Nc1nnnn1/N=C/c1ccc(-c2cccc(C(F)(F)F)c2)o1. The van der Waals surface area contributed by atoms with Crippen molar-refractivity contribution in [1.29, 1.82) is 0 Å². The Bertz CT molecular complexity index is 851. The smallest absolute Gasteiger partial charge is 0.416 e. The number of rotatable bonds is 3. The van der Waals surface area contributed by atoms with Crippen molar-refractivity contribution in [2.24, 2.45) is 5.10 Å². The molecule has 2 aromatic heterocycles. The summed E-state index contributed by atoms with van der Waals surface area (Å²) >= 11 is 0. The zero-order chi connectivity index (χ0) is 16.4. The van der Waals surface area contributed by atoms with Crippen LogP contribution in [0, 0.1) is 0 Å². The van der Waals surface area contributed by atoms with E-state index < -0.39 is 11.7 Å². The number of benzene rings is 1. The molecule has 23 heavy (non-hydrogen) atoms. The van der Waals surface area contributed by atoms with Crippen molar-refractivity contribution in [3.8, 4) is 11.3 Å². The van der Waals surface area contributed by atoms with Crippen LogP contribution in [0.25, 0.3) is 11.3 Å². The van der Waals surface area contributed by atoms with E-state index in [1.165, 1.54) is 18.3 Å². The third kappa shape index (κ3) is 3.20. The van der Waals surface area contributed by atoms with Crippen molar-refractivity contribution >= 4 is 12.2 Å². The van der Waals surface area contributed by atoms with Gasteiger partial charge in [-0.15, -0.1) is 0 Å². The van der Waals surface area contributed by atoms with Crippen LogP contribution in [-0.2, 0) is 6.18 Å². The summed E-state index contributed by atoms with van der Waals surface area (Å²) in [5.74, 6) is 0.584. The minimum Gasteiger partial charge on any atom is -0.455 e. The van der Waals surface area contributed by atoms with Gasteiger partial charge in [0, 0.05) is 5.56 Å². The zero-order valence-corrected chi connectivity index (χ0v) is 11.4. The Kier molecular flexibility index (Phi) is 3.56. The lowest BCUT2D eigenvalue weighted by Crippen LogP contribution is -2.04. The number of hydrogen-bond acceptors (Lipinski definition) is 6. The molecule has 0 radical (unpaired) electrons. The average molecular weight is 322 g/mol. The Labute approximate surface area is 127 Å². The third-order valence-corrected chi connectivity index (χ3v) is 2.87. The quantitative estimate of drug-likeness (QED) is 0.747. The van der Waals surface area contributed by atoms with E-state index in [1.54, 1.807) is 12.1 Å². The summed E-state index contributed by atoms with van der Waals surface area (Å²) in [6.45, 7) is 0. The number of alkyl halides is 3. The van der Waals surface area contributed by atoms with Crippen LogP contribution in [0.3, 0.4) is 0 Å². The molecule has 0 aliphatic heterocycles. The van der Waals surface area contributed by atoms with Gasteiger partial charge in [0.2, 0.25) is 0 Å². The lowest BCUT2D eigenvalue weighted by molar-refractivity contribution is -0.137. The van der Waals surface area contributed by atoms with E-state index in [0.29, 0.717) is 11.3 Å². The van der Waals surface area contributed by atoms with Crippen LogP contribution in [0.1, 0.15) is 11.3 Å². The molecule has 0 aliphatic carbocycles. The predicted octanol–water partition coefficient (Wildman–Crippen LogP) is 2.42. The molecule has 2 N–H and O–H groups in total. The molecule has 0 bridgehead atoms. The maximum Gasteiger partial charge on any atom is 0.416 e. The fourth-order valence-electron chi connectivity index (χ4n) is 1.81. The summed E-state index contributed by atoms with van der Waals surface area (Å²) < 4.78 is 43.6. The van der Waals surface area contributed by atoms with Crippen LogP contribution in [0.15, 0.2) is 45.9 Å². The molecular weight excluding hydrogens is 313 g/mol. The summed E-state index contributed by atoms with van der Waals surface area (Å²) in [5.41, 5.74) is 4.99. The third-order valence-electron chi connectivity index (χ3n) is 2.87. The van der Waals surface area contributed by atoms with Gasteiger partial charge in [-0.2, -0.15) is 18.3 Å². The number of nitrogens with zero attached hydrogens (tertiary/aromatic N) is 5. The molecule has 7 nitrogen and oxygen atoms in total. The Balaban J connectivity index is 1.85. The van der Waals surface area contributed by atoms with Gasteiger partial charge >= 0.3 is 6.18 Å². The largest absolute Gasteiger partial charge is 0.455 e. The van der Waals surface area contributed by atoms with Crippen LogP contribution in [-0.4, -0.2) is 26.5 Å². The minimum absolute atomic E-state index is 0.00842. The molecule has 3 rings (SSSR count). The molecule has 3 aromatic rings. The van der Waals surface area contributed by atoms with E-state index in [4.69, 9.17) is 10.2 Å². The molecular formula is C13H9F3N6O. The van der Waals surface area contributed by atoms with E-state index in [0.717, 1.165) is 16.9 Å². The van der Waals surface area contributed by atoms with Crippen LogP contribution < -0.4 is 5.73 Å². The van der Waals surface area contributed by atoms with Crippen molar-refractivity contribution in [1.82, 2.24) is 20.3 Å². The lowest BCUT2D eigenvalue weighted by atomic mass is 10.1. The molecule has 0 unspecified atom stereocenters. The van der Waals surface area contributed by atoms with Crippen LogP contribution in [0.5, 0.6) is 0 Å². The summed E-state index contributed by atoms with van der Waals surface area (Å²) in [6.07, 6.45) is -3.12. The lowest BCUT2D eigenvalue weighted by Gasteiger charge is -2.07. The molecule has 0 aliphatic rings. The summed E-state index contributed by atoms with van der Waals surface area (Å²) in [6, 6.07) is 7.94. The van der Waals surface area contributed by atoms with Crippen molar-refractivity contribution in [3.63, 3.8) is 0 Å². The molecule has 2 heterocycles. The second-order valence-corrected chi connectivity index (χ2v) is 4.45. The molecule has 0 fully saturated rings. The first-order valence-corrected chi connectivity index (χ1v) is 6.29. The van der Waals surface area contributed by atoms with E-state index in [9.17, 15) is 13.2 Å². The standard InChI is InChI=1S/C13H9F3N6O/c14-13(15,16)9-3-1-2-8(6-9)11-5-4-10(23-11)7-18-22-12(17)19-20-21-22/h1-7H,(H2,17,19,21)/b18-7+. The van der Waals surface area contributed by atoms with Crippen LogP contribution >= 0.6 is 0 Å². The molecule has 1 aromatic carbocycles. The van der Waals surface area contributed by atoms with E-state index >= 15 is 0 Å². The highest BCUT2D eigenvalue weighted by Crippen LogP contribution is 2.32. The predicted molar refractivity (Wildman–Crippen MR) is 74.4 cm³/mol. The Hall–Kier alpha value is -3.17. The van der Waals surface area contributed by atoms with E-state index in [2.05, 4.69) is 20.6 Å². The molecule has 0 saturated heterocycles. The van der Waals surface area contributed by atoms with Crippen molar-refractivity contribution < 1.29 is 17.6 Å². The number of tetrazole rings is 1. The van der Waals surface area contributed by atoms with Gasteiger partial charge in [-0.3, -0.25) is 0 Å². The highest BCUT2D eigenvalue weighted by atomic mass is 19.4. The fourth-order valence-corrected chi connectivity index (χ4v) is 1.81. The number of nitrogen functional groups attached to an aromatic ring is 1. The number of halogens is 3. The van der Waals surface area contributed by atoms with Gasteiger partial charge < -0.3 is 10.2 Å². The number of nitrogens with two attached hydrogens (primary N) is 1. The van der Waals surface area contributed by atoms with Crippen molar-refractivity contribution in [3.05, 3.63) is 47.7 Å². The second kappa shape index (κ2) is 5.55. The van der Waals surface area contributed by atoms with E-state index in [-0.39, 0.29) is 11.7 Å². The Morgan fingerprint density at radius 3 is 2.74 bits per heavy atom. The number of furan rings is 1. The number of anilines is 1. The average Bonchev–Trinajstić information content (AvgIpc) is 3.13. The normalized spacial score (nSPS) is 12.1. The highest BCUT2D eigenvalue weighted by Gasteiger charge is 2.30. The second-order valence-electron chi connectivity index (χ2n) is 4.45. The molecule has 0 atom stereocenters. The summed E-state index contributed by atoms with van der Waals surface area (Å²) in [7, 11) is 0. The molecule has 0 saturated carbocycles. The van der Waals surface area contributed by atoms with Crippen LogP contribution in [0.2, 0.25) is 0 Å². The topological polar surface area (TPSA) is 95.1 Å². The van der Waals surface area contributed by atoms with Gasteiger partial charge in [0.15, 0.2) is 0 Å². The zero-order valence-electron chi connectivity index (χ0n) is 11.4. The van der Waals surface area contributed by atoms with Gasteiger partial charge in [-0.25, -0.2) is 0 Å². The first-order valence-electron chi connectivity index (χ1n) is 6.29. The molecule has 0 spiro atoms. The Morgan fingerprint density at radius 2 is 2.04 bits per heavy atom. The maximum absolute atomic E-state index is 12.7. The summed E-state index contributed by atoms with van der Waals surface area (Å²) in [5, 5.41) is 14.1. The molecule has 10 heteroatoms. The fraction of sp³-hybridized carbons (Fsp3) is 0.0769. The van der Waals surface area contributed by atoms with Gasteiger partial charge in [0.05, 0.1) is 11.8 Å². The minimum atomic E-state index is -4.41. The molecule has 118 valence electrons. The van der Waals surface area contributed by atoms with Gasteiger partial charge in [-0.1, -0.05) is 22.0 Å². The number of aromatic nitrogens is 4. The monoisotopic (exact) mass is 322 g/mol. The highest BCUT2D eigenvalue weighted by molar-refractivity contribution is 5.77. The van der Waals surface area contributed by atoms with Gasteiger partial charge in [0.25, 0.3) is 5.95 Å². The van der Waals surface area contributed by atoms with Gasteiger partial charge in [0.1, 0.15) is 11.5 Å². The number of hydrogen-bond donors (Lipinski definition) is 1. The van der Waals surface area contributed by atoms with Crippen LogP contribution in [0.4, 0.5) is 19.1 Å². The first kappa shape index (κ1) is 14.8. The summed E-state index contributed by atoms with van der Waals surface area (Å²) in [4.78, 5) is 0.979. The first-order chi connectivity index (χ1) is 10.9. The van der Waals surface area contributed by atoms with E-state index in [1.807, 2.05) is 0 Å². The Morgan fingerprint density at radius 1 is 1.22 bits per heavy atom. The molecule has 0 amide bonds. The van der Waals surface area contributed by atoms with Crippen molar-refractivity contribution in [2.45, 2.75) is 6.18 Å². The van der Waals surface area contributed by atoms with Gasteiger partial charge in [-0.05, 0) is 34.7 Å².